The Balaban J connectivity index is 2.06. The van der Waals surface area contributed by atoms with Crippen LogP contribution in [0.1, 0.15) is 18.0 Å². The molecule has 1 aliphatic heterocycles. The Kier molecular flexibility index (Phi) is 5.70. The third-order valence-corrected chi connectivity index (χ3v) is 4.50. The Labute approximate surface area is 131 Å². The minimum absolute atomic E-state index is 0.164. The molecule has 5 heteroatoms. The van der Waals surface area contributed by atoms with Crippen molar-refractivity contribution in [3.05, 3.63) is 33.8 Å². The molecule has 1 fully saturated rings. The van der Waals surface area contributed by atoms with E-state index in [2.05, 4.69) is 23.9 Å². The largest absolute Gasteiger partial charge is 0.329 e. The molecule has 0 amide bonds. The van der Waals surface area contributed by atoms with Crippen molar-refractivity contribution in [2.24, 2.45) is 11.7 Å². The summed E-state index contributed by atoms with van der Waals surface area (Å²) >= 11 is 12.2. The average molecular weight is 316 g/mol. The Hall–Kier alpha value is -0.320. The van der Waals surface area contributed by atoms with Crippen LogP contribution >= 0.6 is 23.2 Å². The SMILES string of the molecule is CN1CCC(CN(C)C(CN)c2cc(Cl)cc(Cl)c2)C1. The van der Waals surface area contributed by atoms with Crippen molar-refractivity contribution >= 4 is 23.2 Å². The predicted molar refractivity (Wildman–Crippen MR) is 86.5 cm³/mol. The molecule has 0 spiro atoms. The molecule has 0 saturated carbocycles. The minimum Gasteiger partial charge on any atom is -0.329 e. The zero-order valence-electron chi connectivity index (χ0n) is 12.1. The maximum absolute atomic E-state index is 6.09. The maximum atomic E-state index is 6.09. The Morgan fingerprint density at radius 3 is 2.50 bits per heavy atom. The molecule has 1 aliphatic rings. The van der Waals surface area contributed by atoms with Crippen LogP contribution in [0.2, 0.25) is 10.0 Å². The average Bonchev–Trinajstić information content (AvgIpc) is 2.74. The third-order valence-electron chi connectivity index (χ3n) is 4.06. The summed E-state index contributed by atoms with van der Waals surface area (Å²) in [6.45, 7) is 3.97. The quantitative estimate of drug-likeness (QED) is 0.907. The summed E-state index contributed by atoms with van der Waals surface area (Å²) in [5, 5.41) is 1.33. The molecule has 0 bridgehead atoms. The summed E-state index contributed by atoms with van der Waals surface area (Å²) in [6.07, 6.45) is 1.26. The van der Waals surface area contributed by atoms with Crippen LogP contribution in [0.3, 0.4) is 0 Å². The first kappa shape index (κ1) is 16.1. The van der Waals surface area contributed by atoms with E-state index in [1.165, 1.54) is 13.0 Å². The molecule has 0 radical (unpaired) electrons. The van der Waals surface area contributed by atoms with Crippen molar-refractivity contribution in [2.45, 2.75) is 12.5 Å². The highest BCUT2D eigenvalue weighted by Crippen LogP contribution is 2.27. The lowest BCUT2D eigenvalue weighted by molar-refractivity contribution is 0.211. The summed E-state index contributed by atoms with van der Waals surface area (Å²) in [6, 6.07) is 5.84. The number of benzene rings is 1. The first-order chi connectivity index (χ1) is 9.49. The fraction of sp³-hybridized carbons (Fsp3) is 0.600. The van der Waals surface area contributed by atoms with Crippen LogP contribution in [0.25, 0.3) is 0 Å². The van der Waals surface area contributed by atoms with Gasteiger partial charge in [0.2, 0.25) is 0 Å². The van der Waals surface area contributed by atoms with Crippen molar-refractivity contribution in [3.8, 4) is 0 Å². The molecule has 1 heterocycles. The fourth-order valence-electron chi connectivity index (χ4n) is 3.05. The van der Waals surface area contributed by atoms with E-state index in [0.29, 0.717) is 22.5 Å². The highest BCUT2D eigenvalue weighted by atomic mass is 35.5. The van der Waals surface area contributed by atoms with Crippen molar-refractivity contribution in [1.29, 1.82) is 0 Å². The maximum Gasteiger partial charge on any atom is 0.0468 e. The standard InChI is InChI=1S/C15H23Cl2N3/c1-19-4-3-11(9-19)10-20(2)15(8-18)12-5-13(16)7-14(17)6-12/h5-7,11,15H,3-4,8-10,18H2,1-2H3. The molecule has 2 N–H and O–H groups in total. The summed E-state index contributed by atoms with van der Waals surface area (Å²) in [5.74, 6) is 0.716. The predicted octanol–water partition coefficient (Wildman–Crippen LogP) is 2.88. The van der Waals surface area contributed by atoms with Crippen molar-refractivity contribution < 1.29 is 0 Å². The van der Waals surface area contributed by atoms with E-state index in [1.54, 1.807) is 6.07 Å². The Morgan fingerprint density at radius 1 is 1.35 bits per heavy atom. The Morgan fingerprint density at radius 2 is 2.00 bits per heavy atom. The van der Waals surface area contributed by atoms with Crippen LogP contribution in [0.15, 0.2) is 18.2 Å². The summed E-state index contributed by atoms with van der Waals surface area (Å²) in [5.41, 5.74) is 7.07. The topological polar surface area (TPSA) is 32.5 Å². The highest BCUT2D eigenvalue weighted by molar-refractivity contribution is 6.34. The van der Waals surface area contributed by atoms with E-state index in [9.17, 15) is 0 Å². The van der Waals surface area contributed by atoms with Gasteiger partial charge in [-0.2, -0.15) is 0 Å². The van der Waals surface area contributed by atoms with Crippen molar-refractivity contribution in [2.75, 3.05) is 40.3 Å². The number of rotatable bonds is 5. The third kappa shape index (κ3) is 4.09. The molecule has 0 aliphatic carbocycles. The lowest BCUT2D eigenvalue weighted by Crippen LogP contribution is -2.35. The monoisotopic (exact) mass is 315 g/mol. The molecule has 1 aromatic carbocycles. The van der Waals surface area contributed by atoms with E-state index >= 15 is 0 Å². The number of likely N-dealkylation sites (N-methyl/N-ethyl adjacent to an activating group) is 1. The molecule has 2 unspecified atom stereocenters. The molecular weight excluding hydrogens is 293 g/mol. The van der Waals surface area contributed by atoms with Gasteiger partial charge >= 0.3 is 0 Å². The van der Waals surface area contributed by atoms with Crippen molar-refractivity contribution in [1.82, 2.24) is 9.80 Å². The van der Waals surface area contributed by atoms with Gasteiger partial charge in [-0.05, 0) is 56.7 Å². The molecule has 112 valence electrons. The second kappa shape index (κ2) is 7.10. The molecule has 20 heavy (non-hydrogen) atoms. The fourth-order valence-corrected chi connectivity index (χ4v) is 3.59. The minimum atomic E-state index is 0.164. The first-order valence-electron chi connectivity index (χ1n) is 7.04. The van der Waals surface area contributed by atoms with Gasteiger partial charge in [-0.25, -0.2) is 0 Å². The van der Waals surface area contributed by atoms with Gasteiger partial charge in [-0.15, -0.1) is 0 Å². The van der Waals surface area contributed by atoms with Crippen LogP contribution in [0, 0.1) is 5.92 Å². The van der Waals surface area contributed by atoms with Gasteiger partial charge < -0.3 is 10.6 Å². The number of likely N-dealkylation sites (tertiary alicyclic amines) is 1. The second-order valence-electron chi connectivity index (χ2n) is 5.81. The highest BCUT2D eigenvalue weighted by Gasteiger charge is 2.24. The van der Waals surface area contributed by atoms with E-state index < -0.39 is 0 Å². The molecule has 2 atom stereocenters. The van der Waals surface area contributed by atoms with E-state index in [4.69, 9.17) is 28.9 Å². The van der Waals surface area contributed by atoms with Gasteiger partial charge in [0.15, 0.2) is 0 Å². The normalized spacial score (nSPS) is 21.6. The van der Waals surface area contributed by atoms with Gasteiger partial charge in [-0.3, -0.25) is 4.90 Å². The van der Waals surface area contributed by atoms with Crippen LogP contribution < -0.4 is 5.73 Å². The van der Waals surface area contributed by atoms with Gasteiger partial charge in [0.05, 0.1) is 0 Å². The number of hydrogen-bond acceptors (Lipinski definition) is 3. The lowest BCUT2D eigenvalue weighted by atomic mass is 10.0. The van der Waals surface area contributed by atoms with Gasteiger partial charge in [-0.1, -0.05) is 23.2 Å². The van der Waals surface area contributed by atoms with E-state index in [0.717, 1.165) is 18.7 Å². The zero-order chi connectivity index (χ0) is 14.7. The van der Waals surface area contributed by atoms with E-state index in [1.807, 2.05) is 12.1 Å². The Bertz CT molecular complexity index is 432. The molecule has 0 aromatic heterocycles. The second-order valence-corrected chi connectivity index (χ2v) is 6.68. The first-order valence-corrected chi connectivity index (χ1v) is 7.80. The number of hydrogen-bond donors (Lipinski definition) is 1. The summed E-state index contributed by atoms with van der Waals surface area (Å²) < 4.78 is 0. The van der Waals surface area contributed by atoms with E-state index in [-0.39, 0.29) is 6.04 Å². The van der Waals surface area contributed by atoms with Crippen molar-refractivity contribution in [3.63, 3.8) is 0 Å². The summed E-state index contributed by atoms with van der Waals surface area (Å²) in [7, 11) is 4.31. The van der Waals surface area contributed by atoms with Gasteiger partial charge in [0.1, 0.15) is 0 Å². The lowest BCUT2D eigenvalue weighted by Gasteiger charge is -2.30. The van der Waals surface area contributed by atoms with Crippen LogP contribution in [0.4, 0.5) is 0 Å². The number of nitrogens with zero attached hydrogens (tertiary/aromatic N) is 2. The molecule has 1 saturated heterocycles. The number of halogens is 2. The summed E-state index contributed by atoms with van der Waals surface area (Å²) in [4.78, 5) is 4.71. The van der Waals surface area contributed by atoms with Gasteiger partial charge in [0, 0.05) is 35.7 Å². The van der Waals surface area contributed by atoms with Crippen LogP contribution in [-0.2, 0) is 0 Å². The zero-order valence-corrected chi connectivity index (χ0v) is 13.7. The molecule has 3 nitrogen and oxygen atoms in total. The number of nitrogens with two attached hydrogens (primary N) is 1. The smallest absolute Gasteiger partial charge is 0.0468 e. The van der Waals surface area contributed by atoms with Crippen LogP contribution in [-0.4, -0.2) is 50.1 Å². The molecular formula is C15H23Cl2N3. The van der Waals surface area contributed by atoms with Crippen LogP contribution in [0.5, 0.6) is 0 Å². The molecule has 2 rings (SSSR count). The van der Waals surface area contributed by atoms with Gasteiger partial charge in [0.25, 0.3) is 0 Å². The molecule has 1 aromatic rings.